The number of hydrogen-bond donors (Lipinski definition) is 1. The molecule has 2 N–H and O–H groups in total. The van der Waals surface area contributed by atoms with Crippen LogP contribution >= 0.6 is 12.2 Å². The minimum Gasteiger partial charge on any atom is -0.493 e. The van der Waals surface area contributed by atoms with Gasteiger partial charge in [0.1, 0.15) is 10.7 Å². The summed E-state index contributed by atoms with van der Waals surface area (Å²) in [5.41, 5.74) is 3.94. The standard InChI is InChI=1S/C11H9F6NOS/c12-10(13,14)3-4-19-8-2-1-6(9(18)20)5-7(8)11(15,16)17/h1-2,5H,3-4H2,(H2,18,20). The predicted molar refractivity (Wildman–Crippen MR) is 63.5 cm³/mol. The van der Waals surface area contributed by atoms with Crippen molar-refractivity contribution < 1.29 is 31.1 Å². The van der Waals surface area contributed by atoms with E-state index in [9.17, 15) is 26.3 Å². The average Bonchev–Trinajstić information content (AvgIpc) is 2.25. The van der Waals surface area contributed by atoms with Gasteiger partial charge in [-0.1, -0.05) is 12.2 Å². The molecule has 0 unspecified atom stereocenters. The first-order valence-corrected chi connectivity index (χ1v) is 5.62. The van der Waals surface area contributed by atoms with Crippen LogP contribution in [0.25, 0.3) is 0 Å². The van der Waals surface area contributed by atoms with Crippen LogP contribution in [0.3, 0.4) is 0 Å². The molecule has 0 fully saturated rings. The fraction of sp³-hybridized carbons (Fsp3) is 0.364. The molecule has 0 heterocycles. The van der Waals surface area contributed by atoms with E-state index in [1.54, 1.807) is 0 Å². The SMILES string of the molecule is NC(=S)c1ccc(OCCC(F)(F)F)c(C(F)(F)F)c1. The second kappa shape index (κ2) is 5.86. The van der Waals surface area contributed by atoms with Crippen LogP contribution in [-0.4, -0.2) is 17.8 Å². The lowest BCUT2D eigenvalue weighted by atomic mass is 10.1. The van der Waals surface area contributed by atoms with Crippen LogP contribution in [0, 0.1) is 0 Å². The molecule has 1 aromatic rings. The van der Waals surface area contributed by atoms with E-state index in [2.05, 4.69) is 17.0 Å². The van der Waals surface area contributed by atoms with Gasteiger partial charge in [0.15, 0.2) is 0 Å². The van der Waals surface area contributed by atoms with Gasteiger partial charge in [0.05, 0.1) is 18.6 Å². The molecule has 0 saturated carbocycles. The molecule has 0 radical (unpaired) electrons. The van der Waals surface area contributed by atoms with Gasteiger partial charge < -0.3 is 10.5 Å². The molecule has 20 heavy (non-hydrogen) atoms. The van der Waals surface area contributed by atoms with Crippen molar-refractivity contribution in [1.29, 1.82) is 0 Å². The predicted octanol–water partition coefficient (Wildman–Crippen LogP) is 3.67. The Hall–Kier alpha value is -1.51. The van der Waals surface area contributed by atoms with Crippen LogP contribution < -0.4 is 10.5 Å². The summed E-state index contributed by atoms with van der Waals surface area (Å²) >= 11 is 4.54. The molecule has 0 aromatic heterocycles. The van der Waals surface area contributed by atoms with Crippen molar-refractivity contribution in [2.75, 3.05) is 6.61 Å². The van der Waals surface area contributed by atoms with Crippen molar-refractivity contribution in [2.24, 2.45) is 5.73 Å². The zero-order chi connectivity index (χ0) is 15.6. The lowest BCUT2D eigenvalue weighted by molar-refractivity contribution is -0.143. The topological polar surface area (TPSA) is 35.2 Å². The Balaban J connectivity index is 2.98. The molecular weight excluding hydrogens is 308 g/mol. The van der Waals surface area contributed by atoms with Gasteiger partial charge in [0.2, 0.25) is 0 Å². The van der Waals surface area contributed by atoms with Gasteiger partial charge in [-0.05, 0) is 18.2 Å². The van der Waals surface area contributed by atoms with Gasteiger partial charge >= 0.3 is 12.4 Å². The Morgan fingerprint density at radius 3 is 2.20 bits per heavy atom. The lowest BCUT2D eigenvalue weighted by Crippen LogP contribution is -2.16. The van der Waals surface area contributed by atoms with E-state index < -0.39 is 36.7 Å². The molecule has 112 valence electrons. The molecule has 0 aliphatic rings. The van der Waals surface area contributed by atoms with Crippen molar-refractivity contribution in [3.63, 3.8) is 0 Å². The van der Waals surface area contributed by atoms with E-state index in [-0.39, 0.29) is 10.6 Å². The third-order valence-corrected chi connectivity index (χ3v) is 2.45. The summed E-state index contributed by atoms with van der Waals surface area (Å²) < 4.78 is 78.6. The number of halogens is 6. The van der Waals surface area contributed by atoms with Crippen LogP contribution in [0.2, 0.25) is 0 Å². The maximum Gasteiger partial charge on any atom is 0.419 e. The summed E-state index contributed by atoms with van der Waals surface area (Å²) in [6.07, 6.45) is -10.6. The number of thiocarbonyl (C=S) groups is 1. The molecule has 1 rings (SSSR count). The molecule has 1 aromatic carbocycles. The summed E-state index contributed by atoms with van der Waals surface area (Å²) in [4.78, 5) is -0.252. The Kier molecular flexibility index (Phi) is 4.85. The summed E-state index contributed by atoms with van der Waals surface area (Å²) in [6.45, 7) is -0.904. The number of hydrogen-bond acceptors (Lipinski definition) is 2. The first-order chi connectivity index (χ1) is 9.00. The Labute approximate surface area is 115 Å². The number of nitrogens with two attached hydrogens (primary N) is 1. The maximum atomic E-state index is 12.8. The first kappa shape index (κ1) is 16.5. The van der Waals surface area contributed by atoms with E-state index in [0.29, 0.717) is 6.07 Å². The quantitative estimate of drug-likeness (QED) is 0.680. The molecule has 2 nitrogen and oxygen atoms in total. The average molecular weight is 317 g/mol. The van der Waals surface area contributed by atoms with Gasteiger partial charge in [-0.2, -0.15) is 26.3 Å². The van der Waals surface area contributed by atoms with Crippen LogP contribution in [-0.2, 0) is 6.18 Å². The third-order valence-electron chi connectivity index (χ3n) is 2.21. The zero-order valence-corrected chi connectivity index (χ0v) is 10.6. The highest BCUT2D eigenvalue weighted by Gasteiger charge is 2.35. The number of rotatable bonds is 4. The Bertz CT molecular complexity index is 497. The van der Waals surface area contributed by atoms with Crippen molar-refractivity contribution in [3.05, 3.63) is 29.3 Å². The maximum absolute atomic E-state index is 12.8. The summed E-state index contributed by atoms with van der Waals surface area (Å²) in [5.74, 6) is -0.693. The second-order valence-electron chi connectivity index (χ2n) is 3.79. The van der Waals surface area contributed by atoms with Crippen molar-refractivity contribution in [1.82, 2.24) is 0 Å². The van der Waals surface area contributed by atoms with Gasteiger partial charge in [-0.25, -0.2) is 0 Å². The molecular formula is C11H9F6NOS. The van der Waals surface area contributed by atoms with Crippen LogP contribution in [0.1, 0.15) is 17.5 Å². The molecule has 0 atom stereocenters. The fourth-order valence-electron chi connectivity index (χ4n) is 1.31. The van der Waals surface area contributed by atoms with E-state index in [4.69, 9.17) is 5.73 Å². The van der Waals surface area contributed by atoms with E-state index in [1.807, 2.05) is 0 Å². The number of ether oxygens (including phenoxy) is 1. The highest BCUT2D eigenvalue weighted by molar-refractivity contribution is 7.80. The Morgan fingerprint density at radius 1 is 1.15 bits per heavy atom. The highest BCUT2D eigenvalue weighted by Crippen LogP contribution is 2.37. The molecule has 9 heteroatoms. The third kappa shape index (κ3) is 4.87. The lowest BCUT2D eigenvalue weighted by Gasteiger charge is -2.15. The zero-order valence-electron chi connectivity index (χ0n) is 9.81. The fourth-order valence-corrected chi connectivity index (χ4v) is 1.43. The van der Waals surface area contributed by atoms with Crippen molar-refractivity contribution in [2.45, 2.75) is 18.8 Å². The second-order valence-corrected chi connectivity index (χ2v) is 4.23. The minimum atomic E-state index is -4.78. The van der Waals surface area contributed by atoms with E-state index in [0.717, 1.165) is 12.1 Å². The molecule has 0 aliphatic heterocycles. The van der Waals surface area contributed by atoms with Crippen molar-refractivity contribution >= 4 is 17.2 Å². The first-order valence-electron chi connectivity index (χ1n) is 5.21. The van der Waals surface area contributed by atoms with Crippen LogP contribution in [0.4, 0.5) is 26.3 Å². The summed E-state index contributed by atoms with van der Waals surface area (Å²) in [7, 11) is 0. The number of alkyl halides is 6. The summed E-state index contributed by atoms with van der Waals surface area (Å²) in [6, 6.07) is 2.69. The van der Waals surface area contributed by atoms with Gasteiger partial charge in [-0.3, -0.25) is 0 Å². The minimum absolute atomic E-state index is 0.0458. The van der Waals surface area contributed by atoms with Gasteiger partial charge in [0.25, 0.3) is 0 Å². The largest absolute Gasteiger partial charge is 0.493 e. The molecule has 0 saturated heterocycles. The van der Waals surface area contributed by atoms with Gasteiger partial charge in [-0.15, -0.1) is 0 Å². The molecule has 0 amide bonds. The Morgan fingerprint density at radius 2 is 1.75 bits per heavy atom. The van der Waals surface area contributed by atoms with Gasteiger partial charge in [0, 0.05) is 5.56 Å². The molecule has 0 aliphatic carbocycles. The van der Waals surface area contributed by atoms with Crippen LogP contribution in [0.5, 0.6) is 5.75 Å². The summed E-state index contributed by atoms with van der Waals surface area (Å²) in [5, 5.41) is 0. The van der Waals surface area contributed by atoms with E-state index in [1.165, 1.54) is 0 Å². The highest BCUT2D eigenvalue weighted by atomic mass is 32.1. The molecule has 0 spiro atoms. The normalized spacial score (nSPS) is 12.3. The monoisotopic (exact) mass is 317 g/mol. The van der Waals surface area contributed by atoms with Crippen LogP contribution in [0.15, 0.2) is 18.2 Å². The smallest absolute Gasteiger partial charge is 0.419 e. The number of benzene rings is 1. The van der Waals surface area contributed by atoms with Crippen molar-refractivity contribution in [3.8, 4) is 5.75 Å². The molecule has 0 bridgehead atoms. The van der Waals surface area contributed by atoms with E-state index >= 15 is 0 Å².